The first kappa shape index (κ1) is 18.1. The lowest BCUT2D eigenvalue weighted by Crippen LogP contribution is -1.99. The van der Waals surface area contributed by atoms with Crippen molar-refractivity contribution >= 4 is 17.4 Å². The third kappa shape index (κ3) is 8.18. The van der Waals surface area contributed by atoms with Crippen LogP contribution in [0.4, 0.5) is 0 Å². The fraction of sp³-hybridized carbons (Fsp3) is 0.611. The van der Waals surface area contributed by atoms with Crippen LogP contribution in [0.5, 0.6) is 0 Å². The highest BCUT2D eigenvalue weighted by Crippen LogP contribution is 2.16. The Morgan fingerprint density at radius 1 is 1.33 bits per heavy atom. The molecule has 1 rings (SSSR count). The lowest BCUT2D eigenvalue weighted by Gasteiger charge is -2.07. The van der Waals surface area contributed by atoms with Crippen molar-refractivity contribution in [2.24, 2.45) is 5.92 Å². The van der Waals surface area contributed by atoms with E-state index in [9.17, 15) is 0 Å². The molecule has 3 heteroatoms. The van der Waals surface area contributed by atoms with E-state index in [1.54, 1.807) is 11.3 Å². The van der Waals surface area contributed by atoms with Gasteiger partial charge >= 0.3 is 0 Å². The smallest absolute Gasteiger partial charge is 0.0901 e. The first-order valence-electron chi connectivity index (χ1n) is 7.87. The summed E-state index contributed by atoms with van der Waals surface area (Å²) in [6, 6.07) is 0. The molecule has 0 aromatic carbocycles. The lowest BCUT2D eigenvalue weighted by molar-refractivity contribution is 0.228. The zero-order chi connectivity index (χ0) is 15.7. The number of thiazole rings is 1. The van der Waals surface area contributed by atoms with Gasteiger partial charge in [-0.25, -0.2) is 4.98 Å². The molecule has 0 bridgehead atoms. The molecule has 1 aromatic heterocycles. The van der Waals surface area contributed by atoms with E-state index >= 15 is 0 Å². The maximum absolute atomic E-state index is 9.00. The highest BCUT2D eigenvalue weighted by Gasteiger charge is 2.00. The number of aliphatic hydroxyl groups excluding tert-OH is 1. The third-order valence-electron chi connectivity index (χ3n) is 3.64. The monoisotopic (exact) mass is 307 g/mol. The maximum Gasteiger partial charge on any atom is 0.0901 e. The van der Waals surface area contributed by atoms with Gasteiger partial charge in [0.25, 0.3) is 0 Å². The van der Waals surface area contributed by atoms with Crippen LogP contribution in [-0.4, -0.2) is 16.7 Å². The Kier molecular flexibility index (Phi) is 8.55. The number of allylic oxidation sites excluding steroid dienone is 3. The van der Waals surface area contributed by atoms with Gasteiger partial charge in [-0.05, 0) is 64.9 Å². The van der Waals surface area contributed by atoms with E-state index in [0.717, 1.165) is 36.4 Å². The van der Waals surface area contributed by atoms with Crippen LogP contribution in [0, 0.1) is 12.8 Å². The van der Waals surface area contributed by atoms with Crippen molar-refractivity contribution in [3.8, 4) is 0 Å². The Balaban J connectivity index is 2.27. The highest BCUT2D eigenvalue weighted by molar-refractivity contribution is 7.09. The lowest BCUT2D eigenvalue weighted by atomic mass is 10.0. The average molecular weight is 308 g/mol. The Labute approximate surface area is 133 Å². The fourth-order valence-corrected chi connectivity index (χ4v) is 2.81. The molecule has 0 spiro atoms. The number of aromatic nitrogens is 1. The number of aliphatic hydroxyl groups is 1. The summed E-state index contributed by atoms with van der Waals surface area (Å²) in [5.74, 6) is 0.435. The summed E-state index contributed by atoms with van der Waals surface area (Å²) < 4.78 is 0. The van der Waals surface area contributed by atoms with Crippen LogP contribution >= 0.6 is 11.3 Å². The number of hydrogen-bond acceptors (Lipinski definition) is 3. The van der Waals surface area contributed by atoms with Crippen molar-refractivity contribution in [3.63, 3.8) is 0 Å². The summed E-state index contributed by atoms with van der Waals surface area (Å²) >= 11 is 1.70. The summed E-state index contributed by atoms with van der Waals surface area (Å²) in [7, 11) is 0. The first-order valence-corrected chi connectivity index (χ1v) is 8.75. The molecule has 1 heterocycles. The van der Waals surface area contributed by atoms with E-state index in [2.05, 4.69) is 43.3 Å². The molecule has 0 saturated carbocycles. The average Bonchev–Trinajstić information content (AvgIpc) is 2.83. The van der Waals surface area contributed by atoms with Crippen LogP contribution in [-0.2, 0) is 0 Å². The van der Waals surface area contributed by atoms with Gasteiger partial charge in [0.15, 0.2) is 0 Å². The second kappa shape index (κ2) is 9.91. The topological polar surface area (TPSA) is 33.1 Å². The van der Waals surface area contributed by atoms with Gasteiger partial charge in [0, 0.05) is 12.0 Å². The quantitative estimate of drug-likeness (QED) is 0.621. The molecule has 1 atom stereocenters. The largest absolute Gasteiger partial charge is 0.396 e. The second-order valence-corrected chi connectivity index (χ2v) is 7.11. The van der Waals surface area contributed by atoms with E-state index in [0.29, 0.717) is 12.5 Å². The van der Waals surface area contributed by atoms with Gasteiger partial charge < -0.3 is 5.11 Å². The zero-order valence-electron chi connectivity index (χ0n) is 13.9. The SMILES string of the molecule is CC(=Cc1csc(C)n1)CCC=C(C)CCCC(C)CO. The summed E-state index contributed by atoms with van der Waals surface area (Å²) in [5.41, 5.74) is 3.95. The number of rotatable bonds is 9. The maximum atomic E-state index is 9.00. The van der Waals surface area contributed by atoms with Crippen molar-refractivity contribution in [2.75, 3.05) is 6.61 Å². The van der Waals surface area contributed by atoms with Gasteiger partial charge in [-0.15, -0.1) is 11.3 Å². The summed E-state index contributed by atoms with van der Waals surface area (Å²) in [5, 5.41) is 12.2. The molecular weight excluding hydrogens is 278 g/mol. The zero-order valence-corrected chi connectivity index (χ0v) is 14.7. The van der Waals surface area contributed by atoms with Crippen molar-refractivity contribution in [2.45, 2.75) is 59.8 Å². The van der Waals surface area contributed by atoms with Gasteiger partial charge in [0.2, 0.25) is 0 Å². The molecule has 118 valence electrons. The standard InChI is InChI=1S/C18H29NOS/c1-14(8-6-10-16(3)12-20)7-5-9-15(2)11-18-13-21-17(4)19-18/h7,11,13,16,20H,5-6,8-10,12H2,1-4H3. The highest BCUT2D eigenvalue weighted by atomic mass is 32.1. The molecule has 0 radical (unpaired) electrons. The molecule has 0 saturated heterocycles. The van der Waals surface area contributed by atoms with E-state index in [-0.39, 0.29) is 0 Å². The van der Waals surface area contributed by atoms with Gasteiger partial charge in [-0.3, -0.25) is 0 Å². The van der Waals surface area contributed by atoms with Crippen LogP contribution in [0.25, 0.3) is 6.08 Å². The predicted octanol–water partition coefficient (Wildman–Crippen LogP) is 5.38. The Hall–Kier alpha value is -0.930. The first-order chi connectivity index (χ1) is 10.0. The molecule has 0 aliphatic carbocycles. The van der Waals surface area contributed by atoms with Gasteiger partial charge in [-0.1, -0.05) is 24.1 Å². The van der Waals surface area contributed by atoms with Crippen molar-refractivity contribution in [3.05, 3.63) is 33.3 Å². The number of aryl methyl sites for hydroxylation is 1. The molecule has 21 heavy (non-hydrogen) atoms. The minimum atomic E-state index is 0.308. The molecule has 1 aromatic rings. The van der Waals surface area contributed by atoms with Crippen LogP contribution in [0.3, 0.4) is 0 Å². The summed E-state index contributed by atoms with van der Waals surface area (Å²) in [6.45, 7) is 8.85. The summed E-state index contributed by atoms with van der Waals surface area (Å²) in [4.78, 5) is 4.47. The molecule has 1 unspecified atom stereocenters. The molecular formula is C18H29NOS. The molecule has 2 nitrogen and oxygen atoms in total. The second-order valence-electron chi connectivity index (χ2n) is 6.05. The van der Waals surface area contributed by atoms with E-state index in [1.165, 1.54) is 17.6 Å². The molecule has 0 aliphatic heterocycles. The van der Waals surface area contributed by atoms with Crippen molar-refractivity contribution in [1.82, 2.24) is 4.98 Å². The van der Waals surface area contributed by atoms with Crippen LogP contribution < -0.4 is 0 Å². The van der Waals surface area contributed by atoms with E-state index in [1.807, 2.05) is 6.92 Å². The number of nitrogens with zero attached hydrogens (tertiary/aromatic N) is 1. The normalized spacial score (nSPS) is 14.5. The van der Waals surface area contributed by atoms with Crippen LogP contribution in [0.15, 0.2) is 22.6 Å². The molecule has 0 aliphatic rings. The van der Waals surface area contributed by atoms with E-state index < -0.39 is 0 Å². The minimum Gasteiger partial charge on any atom is -0.396 e. The Morgan fingerprint density at radius 3 is 2.71 bits per heavy atom. The molecule has 0 amide bonds. The fourth-order valence-electron chi connectivity index (χ4n) is 2.24. The summed E-state index contributed by atoms with van der Waals surface area (Å²) in [6.07, 6.45) is 10.2. The van der Waals surface area contributed by atoms with Crippen molar-refractivity contribution < 1.29 is 5.11 Å². The van der Waals surface area contributed by atoms with E-state index in [4.69, 9.17) is 5.11 Å². The number of hydrogen-bond donors (Lipinski definition) is 1. The Bertz CT molecular complexity index is 473. The predicted molar refractivity (Wildman–Crippen MR) is 93.6 cm³/mol. The Morgan fingerprint density at radius 2 is 2.10 bits per heavy atom. The minimum absolute atomic E-state index is 0.308. The van der Waals surface area contributed by atoms with Crippen molar-refractivity contribution in [1.29, 1.82) is 0 Å². The van der Waals surface area contributed by atoms with Crippen LogP contribution in [0.2, 0.25) is 0 Å². The van der Waals surface area contributed by atoms with Crippen LogP contribution in [0.1, 0.15) is 63.6 Å². The molecule has 0 fully saturated rings. The third-order valence-corrected chi connectivity index (χ3v) is 4.43. The van der Waals surface area contributed by atoms with Gasteiger partial charge in [0.1, 0.15) is 0 Å². The molecule has 1 N–H and O–H groups in total. The van der Waals surface area contributed by atoms with Gasteiger partial charge in [0.05, 0.1) is 10.7 Å². The van der Waals surface area contributed by atoms with Gasteiger partial charge in [-0.2, -0.15) is 0 Å².